The Morgan fingerprint density at radius 3 is 1.47 bits per heavy atom. The molecular formula is C40H27N5. The van der Waals surface area contributed by atoms with Crippen LogP contribution in [0.1, 0.15) is 0 Å². The van der Waals surface area contributed by atoms with Crippen LogP contribution in [0.2, 0.25) is 0 Å². The van der Waals surface area contributed by atoms with Crippen molar-refractivity contribution in [3.05, 3.63) is 164 Å². The van der Waals surface area contributed by atoms with Gasteiger partial charge in [-0.3, -0.25) is 4.90 Å². The SMILES string of the molecule is c1ccc(-n2c3ccccc3c3c(N(c4ccccn4)c4ccccn4)cc(-n4c5ccccc5c5ccccc54)cc32)cc1. The molecule has 0 unspecified atom stereocenters. The first-order chi connectivity index (χ1) is 22.4. The Labute approximate surface area is 259 Å². The fourth-order valence-corrected chi connectivity index (χ4v) is 6.76. The van der Waals surface area contributed by atoms with Gasteiger partial charge in [0.15, 0.2) is 0 Å². The molecule has 9 aromatic rings. The van der Waals surface area contributed by atoms with Gasteiger partial charge in [0.2, 0.25) is 0 Å². The van der Waals surface area contributed by atoms with Gasteiger partial charge in [0.05, 0.1) is 33.4 Å². The summed E-state index contributed by atoms with van der Waals surface area (Å²) in [5.41, 5.74) is 7.74. The van der Waals surface area contributed by atoms with E-state index in [1.54, 1.807) is 0 Å². The average molecular weight is 578 g/mol. The smallest absolute Gasteiger partial charge is 0.138 e. The Hall–Kier alpha value is -6.20. The third-order valence-corrected chi connectivity index (χ3v) is 8.59. The van der Waals surface area contributed by atoms with Crippen molar-refractivity contribution in [1.82, 2.24) is 19.1 Å². The first-order valence-corrected chi connectivity index (χ1v) is 15.1. The minimum absolute atomic E-state index is 0.799. The zero-order valence-corrected chi connectivity index (χ0v) is 24.3. The predicted octanol–water partition coefficient (Wildman–Crippen LogP) is 10.1. The van der Waals surface area contributed by atoms with Crippen LogP contribution in [0.3, 0.4) is 0 Å². The standard InChI is InChI=1S/C40H27N5/c1-2-14-28(15-3-1)43-35-21-9-6-18-32(35)40-36(43)26-29(44-33-19-7-4-16-30(33)31-17-5-8-20-34(31)44)27-37(40)45(38-22-10-12-24-41-38)39-23-11-13-25-42-39/h1-27H. The molecule has 0 aliphatic carbocycles. The van der Waals surface area contributed by atoms with Gasteiger partial charge in [-0.15, -0.1) is 0 Å². The van der Waals surface area contributed by atoms with Crippen LogP contribution in [-0.4, -0.2) is 19.1 Å². The molecule has 0 fully saturated rings. The van der Waals surface area contributed by atoms with E-state index in [-0.39, 0.29) is 0 Å². The molecule has 9 rings (SSSR count). The van der Waals surface area contributed by atoms with Gasteiger partial charge in [0.1, 0.15) is 11.6 Å². The fraction of sp³-hybridized carbons (Fsp3) is 0. The molecule has 5 aromatic carbocycles. The van der Waals surface area contributed by atoms with Crippen LogP contribution in [0.4, 0.5) is 17.3 Å². The topological polar surface area (TPSA) is 38.9 Å². The number of pyridine rings is 2. The highest BCUT2D eigenvalue weighted by Crippen LogP contribution is 2.45. The van der Waals surface area contributed by atoms with Gasteiger partial charge in [-0.05, 0) is 66.7 Å². The molecule has 212 valence electrons. The van der Waals surface area contributed by atoms with Crippen LogP contribution in [-0.2, 0) is 0 Å². The number of aromatic nitrogens is 4. The molecule has 0 amide bonds. The summed E-state index contributed by atoms with van der Waals surface area (Å²) in [6.07, 6.45) is 3.68. The third-order valence-electron chi connectivity index (χ3n) is 8.59. The first-order valence-electron chi connectivity index (χ1n) is 15.1. The van der Waals surface area contributed by atoms with Crippen LogP contribution in [0.15, 0.2) is 164 Å². The van der Waals surface area contributed by atoms with E-state index in [1.807, 2.05) is 48.8 Å². The van der Waals surface area contributed by atoms with E-state index in [0.717, 1.165) is 61.5 Å². The Kier molecular flexibility index (Phi) is 5.74. The average Bonchev–Trinajstić information content (AvgIpc) is 3.63. The molecule has 5 nitrogen and oxygen atoms in total. The second-order valence-electron chi connectivity index (χ2n) is 11.1. The molecule has 0 aliphatic heterocycles. The van der Waals surface area contributed by atoms with E-state index in [0.29, 0.717) is 0 Å². The molecule has 0 saturated carbocycles. The summed E-state index contributed by atoms with van der Waals surface area (Å²) in [4.78, 5) is 11.9. The molecule has 0 saturated heterocycles. The van der Waals surface area contributed by atoms with Crippen molar-refractivity contribution in [3.63, 3.8) is 0 Å². The van der Waals surface area contributed by atoms with Crippen molar-refractivity contribution < 1.29 is 0 Å². The number of nitrogens with zero attached hydrogens (tertiary/aromatic N) is 5. The van der Waals surface area contributed by atoms with Gasteiger partial charge in [-0.25, -0.2) is 9.97 Å². The molecule has 0 aliphatic rings. The van der Waals surface area contributed by atoms with Crippen LogP contribution in [0.5, 0.6) is 0 Å². The zero-order chi connectivity index (χ0) is 29.7. The number of para-hydroxylation sites is 4. The van der Waals surface area contributed by atoms with Crippen molar-refractivity contribution in [2.45, 2.75) is 0 Å². The molecule has 4 heterocycles. The second kappa shape index (κ2) is 10.2. The van der Waals surface area contributed by atoms with E-state index in [2.05, 4.69) is 129 Å². The number of fused-ring (bicyclic) bond motifs is 6. The maximum Gasteiger partial charge on any atom is 0.138 e. The Morgan fingerprint density at radius 2 is 0.889 bits per heavy atom. The van der Waals surface area contributed by atoms with E-state index in [9.17, 15) is 0 Å². The van der Waals surface area contributed by atoms with Crippen molar-refractivity contribution in [2.75, 3.05) is 4.90 Å². The van der Waals surface area contributed by atoms with Crippen LogP contribution >= 0.6 is 0 Å². The summed E-state index contributed by atoms with van der Waals surface area (Å²) >= 11 is 0. The summed E-state index contributed by atoms with van der Waals surface area (Å²) in [6, 6.07) is 53.3. The minimum atomic E-state index is 0.799. The van der Waals surface area contributed by atoms with Gasteiger partial charge < -0.3 is 9.13 Å². The monoisotopic (exact) mass is 577 g/mol. The quantitative estimate of drug-likeness (QED) is 0.204. The summed E-state index contributed by atoms with van der Waals surface area (Å²) < 4.78 is 4.76. The third kappa shape index (κ3) is 3.95. The van der Waals surface area contributed by atoms with Crippen molar-refractivity contribution in [3.8, 4) is 11.4 Å². The first kappa shape index (κ1) is 25.3. The minimum Gasteiger partial charge on any atom is -0.309 e. The molecule has 5 heteroatoms. The van der Waals surface area contributed by atoms with Gasteiger partial charge in [-0.2, -0.15) is 0 Å². The lowest BCUT2D eigenvalue weighted by atomic mass is 10.1. The molecule has 45 heavy (non-hydrogen) atoms. The van der Waals surface area contributed by atoms with Crippen molar-refractivity contribution in [1.29, 1.82) is 0 Å². The molecule has 0 spiro atoms. The highest BCUT2D eigenvalue weighted by atomic mass is 15.2. The largest absolute Gasteiger partial charge is 0.309 e. The molecule has 4 aromatic heterocycles. The lowest BCUT2D eigenvalue weighted by molar-refractivity contribution is 1.12. The summed E-state index contributed by atoms with van der Waals surface area (Å²) in [6.45, 7) is 0. The second-order valence-corrected chi connectivity index (χ2v) is 11.1. The molecule has 0 radical (unpaired) electrons. The fourth-order valence-electron chi connectivity index (χ4n) is 6.76. The number of hydrogen-bond acceptors (Lipinski definition) is 3. The number of hydrogen-bond donors (Lipinski definition) is 0. The van der Waals surface area contributed by atoms with E-state index >= 15 is 0 Å². The van der Waals surface area contributed by atoms with Gasteiger partial charge in [0.25, 0.3) is 0 Å². The summed E-state index contributed by atoms with van der Waals surface area (Å²) in [7, 11) is 0. The molecular weight excluding hydrogens is 550 g/mol. The molecule has 0 N–H and O–H groups in total. The van der Waals surface area contributed by atoms with Crippen LogP contribution < -0.4 is 4.90 Å². The van der Waals surface area contributed by atoms with Gasteiger partial charge >= 0.3 is 0 Å². The lowest BCUT2D eigenvalue weighted by Gasteiger charge is -2.25. The zero-order valence-electron chi connectivity index (χ0n) is 24.3. The number of anilines is 3. The Bertz CT molecular complexity index is 2390. The van der Waals surface area contributed by atoms with Gasteiger partial charge in [-0.1, -0.05) is 84.9 Å². The van der Waals surface area contributed by atoms with Crippen LogP contribution in [0, 0.1) is 0 Å². The molecule has 0 atom stereocenters. The lowest BCUT2D eigenvalue weighted by Crippen LogP contribution is -2.14. The summed E-state index contributed by atoms with van der Waals surface area (Å²) in [5, 5.41) is 4.75. The highest BCUT2D eigenvalue weighted by Gasteiger charge is 2.24. The number of rotatable bonds is 5. The Balaban J connectivity index is 1.49. The Morgan fingerprint density at radius 1 is 0.400 bits per heavy atom. The predicted molar refractivity (Wildman–Crippen MR) is 185 cm³/mol. The maximum absolute atomic E-state index is 4.85. The number of benzene rings is 5. The summed E-state index contributed by atoms with van der Waals surface area (Å²) in [5.74, 6) is 1.60. The maximum atomic E-state index is 4.85. The van der Waals surface area contributed by atoms with E-state index in [1.165, 1.54) is 10.8 Å². The van der Waals surface area contributed by atoms with Crippen molar-refractivity contribution >= 4 is 60.9 Å². The van der Waals surface area contributed by atoms with Crippen LogP contribution in [0.25, 0.3) is 55.0 Å². The highest BCUT2D eigenvalue weighted by molar-refractivity contribution is 6.17. The van der Waals surface area contributed by atoms with Crippen molar-refractivity contribution in [2.24, 2.45) is 0 Å². The van der Waals surface area contributed by atoms with E-state index < -0.39 is 0 Å². The molecule has 0 bridgehead atoms. The van der Waals surface area contributed by atoms with Gasteiger partial charge in [0, 0.05) is 39.6 Å². The normalized spacial score (nSPS) is 11.6. The van der Waals surface area contributed by atoms with E-state index in [4.69, 9.17) is 9.97 Å².